The summed E-state index contributed by atoms with van der Waals surface area (Å²) in [5, 5.41) is 2.63. The Morgan fingerprint density at radius 2 is 1.81 bits per heavy atom. The zero-order valence-corrected chi connectivity index (χ0v) is 15.9. The fourth-order valence-electron chi connectivity index (χ4n) is 2.50. The van der Waals surface area contributed by atoms with Gasteiger partial charge in [0, 0.05) is 13.1 Å². The van der Waals surface area contributed by atoms with Crippen molar-refractivity contribution in [2.24, 2.45) is 0 Å². The minimum Gasteiger partial charge on any atom is -0.351 e. The number of aryl methyl sites for hydroxylation is 2. The first-order valence-corrected chi connectivity index (χ1v) is 9.77. The molecule has 0 radical (unpaired) electrons. The van der Waals surface area contributed by atoms with Crippen molar-refractivity contribution in [3.63, 3.8) is 0 Å². The summed E-state index contributed by atoms with van der Waals surface area (Å²) in [6.45, 7) is 7.55. The van der Waals surface area contributed by atoms with Crippen LogP contribution in [0.4, 0.5) is 0 Å². The molecule has 0 bridgehead atoms. The van der Waals surface area contributed by atoms with Gasteiger partial charge < -0.3 is 5.32 Å². The number of carbonyl (C=O) groups excluding carboxylic acids is 1. The van der Waals surface area contributed by atoms with Gasteiger partial charge in [0.2, 0.25) is 15.9 Å². The third kappa shape index (κ3) is 5.28. The summed E-state index contributed by atoms with van der Waals surface area (Å²) in [4.78, 5) is 12.3. The van der Waals surface area contributed by atoms with Crippen LogP contribution in [0.3, 0.4) is 0 Å². The molecule has 2 aromatic carbocycles. The molecule has 0 spiro atoms. The first kappa shape index (κ1) is 19.9. The zero-order valence-electron chi connectivity index (χ0n) is 15.1. The molecule has 0 atom stereocenters. The van der Waals surface area contributed by atoms with Crippen molar-refractivity contribution in [3.8, 4) is 0 Å². The SMILES string of the molecule is C=CCNC(=O)CN(Cc1cccc(C)c1)S(=O)(=O)c1ccc(C)cc1. The molecule has 1 amide bonds. The Balaban J connectivity index is 2.33. The van der Waals surface area contributed by atoms with Crippen molar-refractivity contribution >= 4 is 15.9 Å². The number of nitrogens with one attached hydrogen (secondary N) is 1. The van der Waals surface area contributed by atoms with E-state index in [-0.39, 0.29) is 23.9 Å². The van der Waals surface area contributed by atoms with Crippen molar-refractivity contribution in [1.82, 2.24) is 9.62 Å². The van der Waals surface area contributed by atoms with Crippen LogP contribution in [0.15, 0.2) is 66.1 Å². The molecule has 0 heterocycles. The monoisotopic (exact) mass is 372 g/mol. The van der Waals surface area contributed by atoms with Gasteiger partial charge in [-0.15, -0.1) is 6.58 Å². The maximum atomic E-state index is 13.1. The highest BCUT2D eigenvalue weighted by molar-refractivity contribution is 7.89. The molecule has 0 fully saturated rings. The number of amides is 1. The standard InChI is InChI=1S/C20H24N2O3S/c1-4-12-21-20(23)15-22(14-18-7-5-6-17(3)13-18)26(24,25)19-10-8-16(2)9-11-19/h4-11,13H,1,12,14-15H2,2-3H3,(H,21,23). The lowest BCUT2D eigenvalue weighted by Crippen LogP contribution is -2.40. The van der Waals surface area contributed by atoms with Crippen LogP contribution in [-0.2, 0) is 21.4 Å². The number of sulfonamides is 1. The van der Waals surface area contributed by atoms with E-state index < -0.39 is 10.0 Å². The topological polar surface area (TPSA) is 66.5 Å². The Bertz CT molecular complexity index is 874. The molecule has 26 heavy (non-hydrogen) atoms. The highest BCUT2D eigenvalue weighted by atomic mass is 32.2. The van der Waals surface area contributed by atoms with Gasteiger partial charge in [0.15, 0.2) is 0 Å². The van der Waals surface area contributed by atoms with Crippen LogP contribution in [0.25, 0.3) is 0 Å². The van der Waals surface area contributed by atoms with Gasteiger partial charge >= 0.3 is 0 Å². The first-order valence-electron chi connectivity index (χ1n) is 8.33. The normalized spacial score (nSPS) is 11.3. The predicted molar refractivity (Wildman–Crippen MR) is 103 cm³/mol. The maximum absolute atomic E-state index is 13.1. The molecule has 2 rings (SSSR count). The largest absolute Gasteiger partial charge is 0.351 e. The molecule has 0 aliphatic heterocycles. The molecule has 1 N–H and O–H groups in total. The van der Waals surface area contributed by atoms with Crippen molar-refractivity contribution in [2.75, 3.05) is 13.1 Å². The van der Waals surface area contributed by atoms with E-state index in [2.05, 4.69) is 11.9 Å². The Kier molecular flexibility index (Phi) is 6.71. The van der Waals surface area contributed by atoms with Crippen molar-refractivity contribution in [2.45, 2.75) is 25.3 Å². The van der Waals surface area contributed by atoms with Gasteiger partial charge in [0.05, 0.1) is 11.4 Å². The van der Waals surface area contributed by atoms with Crippen LogP contribution in [0, 0.1) is 13.8 Å². The van der Waals surface area contributed by atoms with E-state index in [0.29, 0.717) is 6.54 Å². The number of nitrogens with zero attached hydrogens (tertiary/aromatic N) is 1. The molecule has 138 valence electrons. The molecule has 0 aliphatic carbocycles. The number of hydrogen-bond donors (Lipinski definition) is 1. The molecule has 6 heteroatoms. The van der Waals surface area contributed by atoms with Gasteiger partial charge in [-0.25, -0.2) is 8.42 Å². The Labute approximate surface area is 155 Å². The molecular weight excluding hydrogens is 348 g/mol. The van der Waals surface area contributed by atoms with Crippen LogP contribution in [0.5, 0.6) is 0 Å². The average Bonchev–Trinajstić information content (AvgIpc) is 2.60. The van der Waals surface area contributed by atoms with E-state index in [1.54, 1.807) is 30.3 Å². The van der Waals surface area contributed by atoms with Gasteiger partial charge in [-0.2, -0.15) is 4.31 Å². The average molecular weight is 372 g/mol. The van der Waals surface area contributed by atoms with Gasteiger partial charge in [-0.3, -0.25) is 4.79 Å². The molecule has 2 aromatic rings. The van der Waals surface area contributed by atoms with Crippen LogP contribution in [0.1, 0.15) is 16.7 Å². The predicted octanol–water partition coefficient (Wildman–Crippen LogP) is 2.80. The number of carbonyl (C=O) groups is 1. The highest BCUT2D eigenvalue weighted by Crippen LogP contribution is 2.19. The van der Waals surface area contributed by atoms with E-state index in [1.807, 2.05) is 38.1 Å². The summed E-state index contributed by atoms with van der Waals surface area (Å²) in [7, 11) is -3.80. The minimum absolute atomic E-state index is 0.124. The number of rotatable bonds is 8. The summed E-state index contributed by atoms with van der Waals surface area (Å²) in [5.74, 6) is -0.367. The lowest BCUT2D eigenvalue weighted by Gasteiger charge is -2.22. The van der Waals surface area contributed by atoms with Crippen LogP contribution >= 0.6 is 0 Å². The zero-order chi connectivity index (χ0) is 19.2. The molecule has 5 nitrogen and oxygen atoms in total. The Morgan fingerprint density at radius 1 is 1.12 bits per heavy atom. The van der Waals surface area contributed by atoms with Gasteiger partial charge in [-0.05, 0) is 31.5 Å². The Morgan fingerprint density at radius 3 is 2.42 bits per heavy atom. The lowest BCUT2D eigenvalue weighted by atomic mass is 10.1. The van der Waals surface area contributed by atoms with E-state index >= 15 is 0 Å². The Hall–Kier alpha value is -2.44. The summed E-state index contributed by atoms with van der Waals surface area (Å²) in [6, 6.07) is 14.2. The first-order chi connectivity index (χ1) is 12.3. The third-order valence-corrected chi connectivity index (χ3v) is 5.67. The second kappa shape index (κ2) is 8.78. The maximum Gasteiger partial charge on any atom is 0.243 e. The van der Waals surface area contributed by atoms with Crippen molar-refractivity contribution < 1.29 is 13.2 Å². The molecule has 0 aromatic heterocycles. The van der Waals surface area contributed by atoms with E-state index in [1.165, 1.54) is 4.31 Å². The van der Waals surface area contributed by atoms with Gasteiger partial charge in [0.1, 0.15) is 0 Å². The molecule has 0 aliphatic rings. The highest BCUT2D eigenvalue weighted by Gasteiger charge is 2.26. The lowest BCUT2D eigenvalue weighted by molar-refractivity contribution is -0.121. The quantitative estimate of drug-likeness (QED) is 0.725. The van der Waals surface area contributed by atoms with Crippen LogP contribution in [-0.4, -0.2) is 31.7 Å². The smallest absolute Gasteiger partial charge is 0.243 e. The summed E-state index contributed by atoms with van der Waals surface area (Å²) < 4.78 is 27.3. The minimum atomic E-state index is -3.80. The summed E-state index contributed by atoms with van der Waals surface area (Å²) >= 11 is 0. The second-order valence-corrected chi connectivity index (χ2v) is 8.11. The molecule has 0 unspecified atom stereocenters. The second-order valence-electron chi connectivity index (χ2n) is 6.17. The van der Waals surface area contributed by atoms with E-state index in [4.69, 9.17) is 0 Å². The fourth-order valence-corrected chi connectivity index (χ4v) is 3.89. The molecular formula is C20H24N2O3S. The molecule has 0 saturated carbocycles. The number of hydrogen-bond acceptors (Lipinski definition) is 3. The van der Waals surface area contributed by atoms with E-state index in [9.17, 15) is 13.2 Å². The van der Waals surface area contributed by atoms with Crippen molar-refractivity contribution in [3.05, 3.63) is 77.9 Å². The van der Waals surface area contributed by atoms with E-state index in [0.717, 1.165) is 16.7 Å². The van der Waals surface area contributed by atoms with Gasteiger partial charge in [0.25, 0.3) is 0 Å². The summed E-state index contributed by atoms with van der Waals surface area (Å²) in [6.07, 6.45) is 1.55. The fraction of sp³-hybridized carbons (Fsp3) is 0.250. The van der Waals surface area contributed by atoms with Gasteiger partial charge in [-0.1, -0.05) is 53.6 Å². The van der Waals surface area contributed by atoms with Crippen LogP contribution in [0.2, 0.25) is 0 Å². The van der Waals surface area contributed by atoms with Crippen molar-refractivity contribution in [1.29, 1.82) is 0 Å². The summed E-state index contributed by atoms with van der Waals surface area (Å²) in [5.41, 5.74) is 2.83. The molecule has 0 saturated heterocycles. The third-order valence-electron chi connectivity index (χ3n) is 3.86. The number of benzene rings is 2. The van der Waals surface area contributed by atoms with Crippen LogP contribution < -0.4 is 5.32 Å².